The summed E-state index contributed by atoms with van der Waals surface area (Å²) < 4.78 is 2.08. The summed E-state index contributed by atoms with van der Waals surface area (Å²) in [4.78, 5) is 17.7. The molecule has 2 atom stereocenters. The van der Waals surface area contributed by atoms with Crippen LogP contribution in [0.4, 0.5) is 4.79 Å². The molecular weight excluding hydrogens is 388 g/mol. The molecule has 0 aliphatic heterocycles. The summed E-state index contributed by atoms with van der Waals surface area (Å²) in [5.41, 5.74) is 2.08. The van der Waals surface area contributed by atoms with Crippen LogP contribution >= 0.6 is 11.6 Å². The Labute approximate surface area is 177 Å². The van der Waals surface area contributed by atoms with Gasteiger partial charge >= 0.3 is 6.09 Å². The Hall–Kier alpha value is -2.26. The molecule has 0 bridgehead atoms. The Morgan fingerprint density at radius 3 is 2.76 bits per heavy atom. The number of rotatable bonds is 5. The van der Waals surface area contributed by atoms with Gasteiger partial charge < -0.3 is 14.6 Å². The molecule has 1 aromatic heterocycles. The lowest BCUT2D eigenvalue weighted by Gasteiger charge is -2.35. The Morgan fingerprint density at radius 2 is 2.10 bits per heavy atom. The Bertz CT molecular complexity index is 925. The average Bonchev–Trinajstić information content (AvgIpc) is 3.03. The molecule has 1 N–H and O–H groups in total. The first-order chi connectivity index (χ1) is 13.7. The zero-order chi connectivity index (χ0) is 21.2. The van der Waals surface area contributed by atoms with Crippen LogP contribution in [0.15, 0.2) is 18.5 Å². The van der Waals surface area contributed by atoms with E-state index in [-0.39, 0.29) is 5.41 Å². The topological polar surface area (TPSA) is 82.2 Å². The van der Waals surface area contributed by atoms with E-state index in [1.165, 1.54) is 0 Å². The van der Waals surface area contributed by atoms with Gasteiger partial charge in [-0.1, -0.05) is 38.8 Å². The fraction of sp³-hybridized carbons (Fsp3) is 0.591. The van der Waals surface area contributed by atoms with Crippen LogP contribution in [-0.2, 0) is 6.54 Å². The number of aromatic nitrogens is 2. The largest absolute Gasteiger partial charge is 0.465 e. The highest BCUT2D eigenvalue weighted by molar-refractivity contribution is 6.35. The average molecular weight is 417 g/mol. The monoisotopic (exact) mass is 416 g/mol. The molecule has 0 saturated heterocycles. The third-order valence-electron chi connectivity index (χ3n) is 5.57. The van der Waals surface area contributed by atoms with Crippen molar-refractivity contribution in [1.29, 1.82) is 5.26 Å². The molecule has 0 radical (unpaired) electrons. The van der Waals surface area contributed by atoms with Gasteiger partial charge in [-0.3, -0.25) is 0 Å². The van der Waals surface area contributed by atoms with Crippen LogP contribution in [0.3, 0.4) is 0 Å². The van der Waals surface area contributed by atoms with Crippen molar-refractivity contribution in [2.24, 2.45) is 17.3 Å². The Kier molecular flexibility index (Phi) is 6.38. The second-order valence-corrected chi connectivity index (χ2v) is 9.86. The minimum atomic E-state index is -0.832. The Balaban J connectivity index is 1.70. The predicted octanol–water partition coefficient (Wildman–Crippen LogP) is 5.39. The molecule has 156 valence electrons. The summed E-state index contributed by atoms with van der Waals surface area (Å²) in [5, 5.41) is 19.3. The molecule has 1 aromatic carbocycles. The lowest BCUT2D eigenvalue weighted by Crippen LogP contribution is -2.41. The first kappa shape index (κ1) is 21.4. The van der Waals surface area contributed by atoms with Crippen molar-refractivity contribution in [2.45, 2.75) is 53.0 Å². The van der Waals surface area contributed by atoms with Crippen LogP contribution < -0.4 is 0 Å². The van der Waals surface area contributed by atoms with E-state index in [1.807, 2.05) is 6.07 Å². The van der Waals surface area contributed by atoms with E-state index in [2.05, 4.69) is 36.4 Å². The van der Waals surface area contributed by atoms with E-state index in [9.17, 15) is 15.2 Å². The number of fused-ring (bicyclic) bond motifs is 1. The van der Waals surface area contributed by atoms with Crippen LogP contribution in [0.1, 0.15) is 52.0 Å². The van der Waals surface area contributed by atoms with Gasteiger partial charge in [0.1, 0.15) is 5.52 Å². The SMILES string of the molecule is CC(C)(C)CN(CC1CCCC(Cn2cnc3c(Cl)cc(C#N)cc32)C1)C(=O)O. The lowest BCUT2D eigenvalue weighted by atomic mass is 9.81. The number of hydrogen-bond donors (Lipinski definition) is 1. The molecule has 1 fully saturated rings. The summed E-state index contributed by atoms with van der Waals surface area (Å²) in [5.74, 6) is 0.834. The third kappa shape index (κ3) is 5.42. The number of nitriles is 1. The van der Waals surface area contributed by atoms with Crippen molar-refractivity contribution in [1.82, 2.24) is 14.5 Å². The zero-order valence-electron chi connectivity index (χ0n) is 17.4. The summed E-state index contributed by atoms with van der Waals surface area (Å²) in [6.07, 6.45) is 5.26. The van der Waals surface area contributed by atoms with Gasteiger partial charge in [-0.05, 0) is 48.6 Å². The van der Waals surface area contributed by atoms with Crippen molar-refractivity contribution >= 4 is 28.7 Å². The molecule has 29 heavy (non-hydrogen) atoms. The quantitative estimate of drug-likeness (QED) is 0.707. The van der Waals surface area contributed by atoms with Gasteiger partial charge in [0, 0.05) is 19.6 Å². The van der Waals surface area contributed by atoms with Crippen molar-refractivity contribution in [3.05, 3.63) is 29.0 Å². The van der Waals surface area contributed by atoms with Gasteiger partial charge in [0.15, 0.2) is 0 Å². The maximum absolute atomic E-state index is 11.7. The van der Waals surface area contributed by atoms with Crippen molar-refractivity contribution < 1.29 is 9.90 Å². The van der Waals surface area contributed by atoms with Crippen LogP contribution in [0.25, 0.3) is 11.0 Å². The van der Waals surface area contributed by atoms with Crippen molar-refractivity contribution in [3.63, 3.8) is 0 Å². The number of nitrogens with zero attached hydrogens (tertiary/aromatic N) is 4. The van der Waals surface area contributed by atoms with Gasteiger partial charge in [0.2, 0.25) is 0 Å². The molecule has 7 heteroatoms. The summed E-state index contributed by atoms with van der Waals surface area (Å²) in [6, 6.07) is 5.64. The third-order valence-corrected chi connectivity index (χ3v) is 5.86. The standard InChI is InChI=1S/C22H29ClN4O2/c1-22(2,3)13-26(21(28)29)11-15-5-4-6-16(7-15)12-27-14-25-20-18(23)8-17(10-24)9-19(20)27/h8-9,14-16H,4-7,11-13H2,1-3H3,(H,28,29). The number of amides is 1. The second-order valence-electron chi connectivity index (χ2n) is 9.46. The Morgan fingerprint density at radius 1 is 1.38 bits per heavy atom. The molecule has 1 aliphatic rings. The number of imidazole rings is 1. The summed E-state index contributed by atoms with van der Waals surface area (Å²) in [7, 11) is 0. The maximum Gasteiger partial charge on any atom is 0.407 e. The van der Waals surface area contributed by atoms with Crippen LogP contribution in [0.2, 0.25) is 5.02 Å². The number of carbonyl (C=O) groups is 1. The normalized spacial score (nSPS) is 19.8. The van der Waals surface area contributed by atoms with Gasteiger partial charge in [-0.25, -0.2) is 9.78 Å². The number of carboxylic acid groups (broad SMARTS) is 1. The van der Waals surface area contributed by atoms with Gasteiger partial charge in [-0.15, -0.1) is 0 Å². The molecule has 3 rings (SSSR count). The minimum absolute atomic E-state index is 0.0557. The van der Waals surface area contributed by atoms with Crippen LogP contribution in [-0.4, -0.2) is 38.7 Å². The molecular formula is C22H29ClN4O2. The second kappa shape index (κ2) is 8.62. The summed E-state index contributed by atoms with van der Waals surface area (Å²) >= 11 is 6.27. The van der Waals surface area contributed by atoms with E-state index >= 15 is 0 Å². The van der Waals surface area contributed by atoms with E-state index in [4.69, 9.17) is 11.6 Å². The van der Waals surface area contributed by atoms with E-state index in [0.29, 0.717) is 35.5 Å². The van der Waals surface area contributed by atoms with E-state index in [1.54, 1.807) is 17.3 Å². The molecule has 1 aliphatic carbocycles. The van der Waals surface area contributed by atoms with E-state index in [0.717, 1.165) is 43.3 Å². The highest BCUT2D eigenvalue weighted by Crippen LogP contribution is 2.33. The van der Waals surface area contributed by atoms with Gasteiger partial charge in [0.25, 0.3) is 0 Å². The minimum Gasteiger partial charge on any atom is -0.465 e. The maximum atomic E-state index is 11.7. The van der Waals surface area contributed by atoms with Gasteiger partial charge in [-0.2, -0.15) is 5.26 Å². The number of halogens is 1. The highest BCUT2D eigenvalue weighted by Gasteiger charge is 2.28. The number of hydrogen-bond acceptors (Lipinski definition) is 3. The first-order valence-corrected chi connectivity index (χ1v) is 10.6. The predicted molar refractivity (Wildman–Crippen MR) is 114 cm³/mol. The molecule has 1 saturated carbocycles. The van der Waals surface area contributed by atoms with E-state index < -0.39 is 6.09 Å². The molecule has 1 heterocycles. The summed E-state index contributed by atoms with van der Waals surface area (Å²) in [6.45, 7) is 8.15. The fourth-order valence-electron chi connectivity index (χ4n) is 4.44. The number of benzene rings is 1. The molecule has 2 unspecified atom stereocenters. The van der Waals surface area contributed by atoms with Crippen LogP contribution in [0, 0.1) is 28.6 Å². The fourth-order valence-corrected chi connectivity index (χ4v) is 4.70. The molecule has 0 spiro atoms. The molecule has 2 aromatic rings. The highest BCUT2D eigenvalue weighted by atomic mass is 35.5. The van der Waals surface area contributed by atoms with Crippen molar-refractivity contribution in [3.8, 4) is 6.07 Å². The zero-order valence-corrected chi connectivity index (χ0v) is 18.1. The first-order valence-electron chi connectivity index (χ1n) is 10.2. The lowest BCUT2D eigenvalue weighted by molar-refractivity contribution is 0.104. The van der Waals surface area contributed by atoms with Crippen LogP contribution in [0.5, 0.6) is 0 Å². The van der Waals surface area contributed by atoms with Gasteiger partial charge in [0.05, 0.1) is 28.5 Å². The van der Waals surface area contributed by atoms with Crippen molar-refractivity contribution in [2.75, 3.05) is 13.1 Å². The smallest absolute Gasteiger partial charge is 0.407 e. The molecule has 6 nitrogen and oxygen atoms in total. The molecule has 1 amide bonds.